The van der Waals surface area contributed by atoms with E-state index in [0.717, 1.165) is 0 Å². The third kappa shape index (κ3) is 3.26. The summed E-state index contributed by atoms with van der Waals surface area (Å²) in [5.74, 6) is -1.40. The van der Waals surface area contributed by atoms with Gasteiger partial charge in [-0.05, 0) is 40.2 Å². The Labute approximate surface area is 117 Å². The third-order valence-electron chi connectivity index (χ3n) is 2.98. The summed E-state index contributed by atoms with van der Waals surface area (Å²) < 4.78 is 9.95. The zero-order chi connectivity index (χ0) is 15.4. The summed E-state index contributed by atoms with van der Waals surface area (Å²) in [6, 6.07) is 0. The highest BCUT2D eigenvalue weighted by Gasteiger charge is 2.25. The van der Waals surface area contributed by atoms with Crippen LogP contribution in [0, 0.1) is 13.8 Å². The van der Waals surface area contributed by atoms with E-state index < -0.39 is 18.0 Å². The van der Waals surface area contributed by atoms with E-state index in [9.17, 15) is 14.4 Å². The monoisotopic (exact) mass is 281 g/mol. The van der Waals surface area contributed by atoms with E-state index in [1.165, 1.54) is 13.8 Å². The number of hydrogen-bond donors (Lipinski definition) is 1. The molecule has 0 aliphatic rings. The zero-order valence-electron chi connectivity index (χ0n) is 12.3. The number of Topliss-reactive ketones (excluding diaryl/α,β-unsaturated/α-hetero) is 1. The molecule has 0 radical (unpaired) electrons. The fourth-order valence-electron chi connectivity index (χ4n) is 1.77. The van der Waals surface area contributed by atoms with Gasteiger partial charge in [-0.15, -0.1) is 0 Å². The average Bonchev–Trinajstić information content (AvgIpc) is 2.64. The van der Waals surface area contributed by atoms with Gasteiger partial charge in [0.2, 0.25) is 0 Å². The van der Waals surface area contributed by atoms with E-state index in [1.807, 2.05) is 0 Å². The van der Waals surface area contributed by atoms with Crippen LogP contribution in [0.2, 0.25) is 0 Å². The normalized spacial score (nSPS) is 11.8. The lowest BCUT2D eigenvalue weighted by Gasteiger charge is -2.09. The molecule has 1 unspecified atom stereocenters. The van der Waals surface area contributed by atoms with Gasteiger partial charge in [-0.3, -0.25) is 4.79 Å². The Morgan fingerprint density at radius 2 is 1.80 bits per heavy atom. The van der Waals surface area contributed by atoms with Crippen molar-refractivity contribution < 1.29 is 23.9 Å². The van der Waals surface area contributed by atoms with Gasteiger partial charge in [-0.25, -0.2) is 9.59 Å². The molecule has 0 saturated carbocycles. The Bertz CT molecular complexity index is 544. The maximum atomic E-state index is 12.0. The molecule has 0 fully saturated rings. The maximum Gasteiger partial charge on any atom is 0.355 e. The number of esters is 2. The molecule has 110 valence electrons. The second-order valence-corrected chi connectivity index (χ2v) is 4.50. The second-order valence-electron chi connectivity index (χ2n) is 4.50. The minimum atomic E-state index is -0.823. The van der Waals surface area contributed by atoms with Crippen LogP contribution >= 0.6 is 0 Å². The fourth-order valence-corrected chi connectivity index (χ4v) is 1.77. The van der Waals surface area contributed by atoms with Gasteiger partial charge in [0.1, 0.15) is 5.69 Å². The molecule has 1 rings (SSSR count). The second kappa shape index (κ2) is 6.36. The van der Waals surface area contributed by atoms with Crippen molar-refractivity contribution in [1.29, 1.82) is 0 Å². The SMILES string of the molecule is CCOC(=O)c1c(C)[nH]c(C(=O)OC(C)C(C)=O)c1C. The smallest absolute Gasteiger partial charge is 0.355 e. The van der Waals surface area contributed by atoms with Crippen LogP contribution in [0.4, 0.5) is 0 Å². The Kier molecular flexibility index (Phi) is 5.07. The first-order valence-corrected chi connectivity index (χ1v) is 6.37. The van der Waals surface area contributed by atoms with Crippen molar-refractivity contribution in [2.45, 2.75) is 40.7 Å². The van der Waals surface area contributed by atoms with Crippen LogP contribution in [0.3, 0.4) is 0 Å². The zero-order valence-corrected chi connectivity index (χ0v) is 12.3. The van der Waals surface area contributed by atoms with Gasteiger partial charge >= 0.3 is 11.9 Å². The van der Waals surface area contributed by atoms with Gasteiger partial charge in [0.05, 0.1) is 12.2 Å². The highest BCUT2D eigenvalue weighted by atomic mass is 16.5. The number of carbonyl (C=O) groups excluding carboxylic acids is 3. The molecule has 1 atom stereocenters. The van der Waals surface area contributed by atoms with E-state index in [0.29, 0.717) is 16.8 Å². The number of hydrogen-bond acceptors (Lipinski definition) is 5. The molecule has 1 heterocycles. The molecular formula is C14H19NO5. The fraction of sp³-hybridized carbons (Fsp3) is 0.500. The molecule has 6 nitrogen and oxygen atoms in total. The molecule has 0 bridgehead atoms. The predicted molar refractivity (Wildman–Crippen MR) is 71.8 cm³/mol. The van der Waals surface area contributed by atoms with Crippen LogP contribution in [0.1, 0.15) is 52.9 Å². The Balaban J connectivity index is 3.04. The lowest BCUT2D eigenvalue weighted by Crippen LogP contribution is -2.22. The average molecular weight is 281 g/mol. The molecule has 0 aromatic carbocycles. The molecule has 0 aliphatic carbocycles. The predicted octanol–water partition coefficient (Wildman–Crippen LogP) is 1.94. The molecule has 1 N–H and O–H groups in total. The molecule has 20 heavy (non-hydrogen) atoms. The van der Waals surface area contributed by atoms with Gasteiger partial charge in [0, 0.05) is 5.69 Å². The van der Waals surface area contributed by atoms with E-state index in [2.05, 4.69) is 4.98 Å². The first-order valence-electron chi connectivity index (χ1n) is 6.37. The largest absolute Gasteiger partial charge is 0.462 e. The summed E-state index contributed by atoms with van der Waals surface area (Å²) in [4.78, 5) is 37.7. The molecule has 6 heteroatoms. The lowest BCUT2D eigenvalue weighted by molar-refractivity contribution is -0.124. The number of ketones is 1. The van der Waals surface area contributed by atoms with Crippen molar-refractivity contribution in [3.8, 4) is 0 Å². The minimum Gasteiger partial charge on any atom is -0.462 e. The molecule has 1 aromatic rings. The van der Waals surface area contributed by atoms with Gasteiger partial charge < -0.3 is 14.5 Å². The Hall–Kier alpha value is -2.11. The molecule has 0 amide bonds. The topological polar surface area (TPSA) is 85.5 Å². The van der Waals surface area contributed by atoms with Gasteiger partial charge in [-0.2, -0.15) is 0 Å². The van der Waals surface area contributed by atoms with Crippen molar-refractivity contribution in [1.82, 2.24) is 4.98 Å². The number of aryl methyl sites for hydroxylation is 1. The summed E-state index contributed by atoms with van der Waals surface area (Å²) in [5, 5.41) is 0. The minimum absolute atomic E-state index is 0.165. The number of rotatable bonds is 5. The number of nitrogens with one attached hydrogen (secondary N) is 1. The van der Waals surface area contributed by atoms with E-state index in [1.54, 1.807) is 20.8 Å². The number of carbonyl (C=O) groups is 3. The molecule has 0 saturated heterocycles. The Morgan fingerprint density at radius 3 is 2.30 bits per heavy atom. The van der Waals surface area contributed by atoms with E-state index in [4.69, 9.17) is 9.47 Å². The van der Waals surface area contributed by atoms with Crippen LogP contribution in [0.5, 0.6) is 0 Å². The number of aromatic amines is 1. The van der Waals surface area contributed by atoms with Crippen molar-refractivity contribution in [3.05, 3.63) is 22.5 Å². The standard InChI is InChI=1S/C14H19NO5/c1-6-19-13(17)11-7(2)12(15-8(11)3)14(18)20-10(5)9(4)16/h10,15H,6H2,1-5H3. The first kappa shape index (κ1) is 15.9. The highest BCUT2D eigenvalue weighted by molar-refractivity contribution is 5.99. The molecule has 0 aliphatic heterocycles. The van der Waals surface area contributed by atoms with Crippen LogP contribution in [0.15, 0.2) is 0 Å². The quantitative estimate of drug-likeness (QED) is 0.834. The molecule has 0 spiro atoms. The van der Waals surface area contributed by atoms with Crippen molar-refractivity contribution in [2.24, 2.45) is 0 Å². The maximum absolute atomic E-state index is 12.0. The number of ether oxygens (including phenoxy) is 2. The lowest BCUT2D eigenvalue weighted by atomic mass is 10.1. The summed E-state index contributed by atoms with van der Waals surface area (Å²) >= 11 is 0. The highest BCUT2D eigenvalue weighted by Crippen LogP contribution is 2.20. The van der Waals surface area contributed by atoms with Gasteiger partial charge in [-0.1, -0.05) is 0 Å². The summed E-state index contributed by atoms with van der Waals surface area (Å²) in [7, 11) is 0. The molecule has 1 aromatic heterocycles. The summed E-state index contributed by atoms with van der Waals surface area (Å²) in [6.07, 6.45) is -0.823. The van der Waals surface area contributed by atoms with Crippen LogP contribution in [0.25, 0.3) is 0 Å². The van der Waals surface area contributed by atoms with Gasteiger partial charge in [0.25, 0.3) is 0 Å². The van der Waals surface area contributed by atoms with Crippen molar-refractivity contribution in [2.75, 3.05) is 6.61 Å². The van der Waals surface area contributed by atoms with Gasteiger partial charge in [0.15, 0.2) is 11.9 Å². The van der Waals surface area contributed by atoms with Crippen LogP contribution in [-0.4, -0.2) is 35.4 Å². The first-order chi connectivity index (χ1) is 9.29. The summed E-state index contributed by atoms with van der Waals surface area (Å²) in [6.45, 7) is 8.10. The molecular weight excluding hydrogens is 262 g/mol. The van der Waals surface area contributed by atoms with E-state index in [-0.39, 0.29) is 18.1 Å². The third-order valence-corrected chi connectivity index (χ3v) is 2.98. The Morgan fingerprint density at radius 1 is 1.20 bits per heavy atom. The van der Waals surface area contributed by atoms with Crippen molar-refractivity contribution >= 4 is 17.7 Å². The summed E-state index contributed by atoms with van der Waals surface area (Å²) in [5.41, 5.74) is 1.48. The number of H-pyrrole nitrogens is 1. The van der Waals surface area contributed by atoms with Crippen molar-refractivity contribution in [3.63, 3.8) is 0 Å². The number of aromatic nitrogens is 1. The van der Waals surface area contributed by atoms with Crippen LogP contribution < -0.4 is 0 Å². The van der Waals surface area contributed by atoms with Crippen LogP contribution in [-0.2, 0) is 14.3 Å². The van der Waals surface area contributed by atoms with E-state index >= 15 is 0 Å².